The van der Waals surface area contributed by atoms with E-state index in [1.807, 2.05) is 0 Å². The molecule has 4 amide bonds. The maximum absolute atomic E-state index is 15.2. The molecule has 2 saturated heterocycles. The Hall–Kier alpha value is -5.09. The normalized spacial score (nSPS) is 28.4. The van der Waals surface area contributed by atoms with Crippen LogP contribution in [0.2, 0.25) is 0 Å². The summed E-state index contributed by atoms with van der Waals surface area (Å²) in [5.41, 5.74) is -2.36. The van der Waals surface area contributed by atoms with Gasteiger partial charge in [0.25, 0.3) is 17.5 Å². The monoisotopic (exact) mass is 751 g/mol. The van der Waals surface area contributed by atoms with Crippen LogP contribution >= 0.6 is 23.2 Å². The highest BCUT2D eigenvalue weighted by Gasteiger charge is 2.77. The Labute approximate surface area is 292 Å². The van der Waals surface area contributed by atoms with Crippen LogP contribution < -0.4 is 14.5 Å². The van der Waals surface area contributed by atoms with Crippen LogP contribution in [0.4, 0.5) is 39.0 Å². The molecule has 2 aliphatic carbocycles. The largest absolute Gasteiger partial charge is 0.508 e. The van der Waals surface area contributed by atoms with E-state index in [0.717, 1.165) is 29.2 Å². The lowest BCUT2D eigenvalue weighted by molar-refractivity contribution is -0.384. The molecule has 3 aromatic rings. The number of nitrogens with zero attached hydrogens (tertiary/aromatic N) is 3. The number of hydrogen-bond donors (Lipinski definition) is 1. The number of halogens is 7. The van der Waals surface area contributed by atoms with Crippen molar-refractivity contribution in [3.05, 3.63) is 98.9 Å². The van der Waals surface area contributed by atoms with Gasteiger partial charge in [0.1, 0.15) is 17.2 Å². The second kappa shape index (κ2) is 11.5. The molecule has 1 N–H and O–H groups in total. The Balaban J connectivity index is 1.44. The van der Waals surface area contributed by atoms with Crippen molar-refractivity contribution in [2.45, 2.75) is 28.5 Å². The topological polar surface area (TPSA) is 147 Å². The van der Waals surface area contributed by atoms with E-state index in [9.17, 15) is 47.6 Å². The van der Waals surface area contributed by atoms with Gasteiger partial charge in [-0.2, -0.15) is 0 Å². The number of benzene rings is 3. The molecule has 18 heteroatoms. The Morgan fingerprint density at radius 3 is 2.16 bits per heavy atom. The van der Waals surface area contributed by atoms with E-state index in [1.54, 1.807) is 0 Å². The Morgan fingerprint density at radius 2 is 1.53 bits per heavy atom. The number of allylic oxidation sites excluding steroid dienone is 2. The quantitative estimate of drug-likeness (QED) is 0.0505. The number of nitro groups is 1. The number of aromatic hydroxyl groups is 1. The maximum atomic E-state index is 15.2. The van der Waals surface area contributed by atoms with Crippen molar-refractivity contribution in [2.75, 3.05) is 16.9 Å². The minimum Gasteiger partial charge on any atom is -0.508 e. The van der Waals surface area contributed by atoms with E-state index in [-0.39, 0.29) is 39.6 Å². The standard InChI is InChI=1S/C33H20Cl2F5N3O8/c1-51-19-10-14(44)5-6-16(19)21-15-7-8-17-20(29(46)41(28(17)45)12-3-2-4-13(9-12)43(49)50)18(15)11-32(34)30(47)42(31(48)33(21,32)35)27-25(39)23(37)22(36)24(38)26(27)40/h2-7,9-10,17-18,20-21,44H,8,11H2,1H3/t17-,18+,20-,21+,32+,33-/m0/s1. The van der Waals surface area contributed by atoms with Crippen LogP contribution in [0.1, 0.15) is 24.3 Å². The van der Waals surface area contributed by atoms with Crippen molar-refractivity contribution in [3.8, 4) is 11.5 Å². The molecule has 7 rings (SSSR count). The molecule has 0 bridgehead atoms. The van der Waals surface area contributed by atoms with Crippen LogP contribution in [0.15, 0.2) is 54.1 Å². The predicted molar refractivity (Wildman–Crippen MR) is 167 cm³/mol. The number of imide groups is 2. The van der Waals surface area contributed by atoms with E-state index in [0.29, 0.717) is 0 Å². The number of phenolic OH excluding ortho intramolecular Hbond substituents is 1. The van der Waals surface area contributed by atoms with Gasteiger partial charge < -0.3 is 9.84 Å². The van der Waals surface area contributed by atoms with E-state index in [1.165, 1.54) is 31.4 Å². The first-order chi connectivity index (χ1) is 24.0. The molecule has 1 saturated carbocycles. The zero-order chi connectivity index (χ0) is 37.1. The van der Waals surface area contributed by atoms with Gasteiger partial charge in [0.05, 0.1) is 29.6 Å². The van der Waals surface area contributed by atoms with E-state index < -0.39 is 109 Å². The average Bonchev–Trinajstić information content (AvgIpc) is 3.44. The highest BCUT2D eigenvalue weighted by atomic mass is 35.5. The summed E-state index contributed by atoms with van der Waals surface area (Å²) in [5, 5.41) is 21.7. The van der Waals surface area contributed by atoms with E-state index in [2.05, 4.69) is 0 Å². The second-order valence-electron chi connectivity index (χ2n) is 12.4. The SMILES string of the molecule is COc1cc(O)ccc1[C@H]1C2=CC[C@@H]3C(=O)N(c4cccc([N+](=O)[O-])c4)C(=O)[C@@H]3[C@@H]2C[C@@]2(Cl)C(=O)N(c3c(F)c(F)c(F)c(F)c3F)C(=O)[C@@]12Cl. The third-order valence-corrected chi connectivity index (χ3v) is 11.5. The fourth-order valence-electron chi connectivity index (χ4n) is 7.85. The number of fused-ring (bicyclic) bond motifs is 4. The second-order valence-corrected chi connectivity index (χ2v) is 13.6. The first-order valence-corrected chi connectivity index (χ1v) is 15.7. The van der Waals surface area contributed by atoms with Crippen molar-refractivity contribution >= 4 is 63.9 Å². The average molecular weight is 752 g/mol. The lowest BCUT2D eigenvalue weighted by Crippen LogP contribution is -2.60. The zero-order valence-corrected chi connectivity index (χ0v) is 27.1. The van der Waals surface area contributed by atoms with Crippen LogP contribution in [0, 0.1) is 57.0 Å². The number of methoxy groups -OCH3 is 1. The first-order valence-electron chi connectivity index (χ1n) is 15.0. The summed E-state index contributed by atoms with van der Waals surface area (Å²) in [6.45, 7) is 0. The summed E-state index contributed by atoms with van der Waals surface area (Å²) in [4.78, 5) is 62.2. The van der Waals surface area contributed by atoms with Gasteiger partial charge in [0.2, 0.25) is 17.6 Å². The van der Waals surface area contributed by atoms with Crippen LogP contribution in [-0.2, 0) is 19.2 Å². The molecule has 51 heavy (non-hydrogen) atoms. The fraction of sp³-hybridized carbons (Fsp3) is 0.273. The molecular weight excluding hydrogens is 732 g/mol. The summed E-state index contributed by atoms with van der Waals surface area (Å²) in [7, 11) is 1.18. The lowest BCUT2D eigenvalue weighted by atomic mass is 9.56. The van der Waals surface area contributed by atoms with E-state index >= 15 is 8.78 Å². The van der Waals surface area contributed by atoms with Gasteiger partial charge in [0.15, 0.2) is 33.0 Å². The molecule has 0 radical (unpaired) electrons. The molecule has 11 nitrogen and oxygen atoms in total. The molecule has 4 aliphatic rings. The van der Waals surface area contributed by atoms with Gasteiger partial charge >= 0.3 is 0 Å². The molecule has 0 unspecified atom stereocenters. The summed E-state index contributed by atoms with van der Waals surface area (Å²) in [6.07, 6.45) is 0.569. The Morgan fingerprint density at radius 1 is 0.882 bits per heavy atom. The number of amides is 4. The molecule has 2 aliphatic heterocycles. The number of nitro benzene ring substituents is 1. The highest BCUT2D eigenvalue weighted by Crippen LogP contribution is 2.67. The van der Waals surface area contributed by atoms with Gasteiger partial charge in [-0.15, -0.1) is 23.2 Å². The van der Waals surface area contributed by atoms with Gasteiger partial charge in [-0.3, -0.25) is 29.3 Å². The van der Waals surface area contributed by atoms with Gasteiger partial charge in [0, 0.05) is 29.7 Å². The van der Waals surface area contributed by atoms with Gasteiger partial charge in [-0.1, -0.05) is 23.8 Å². The fourth-order valence-corrected chi connectivity index (χ4v) is 8.78. The van der Waals surface area contributed by atoms with Crippen molar-refractivity contribution in [2.24, 2.45) is 17.8 Å². The minimum absolute atomic E-state index is 0.0301. The highest BCUT2D eigenvalue weighted by molar-refractivity contribution is 6.58. The van der Waals surface area contributed by atoms with E-state index in [4.69, 9.17) is 27.9 Å². The van der Waals surface area contributed by atoms with Crippen molar-refractivity contribution < 1.29 is 55.9 Å². The molecule has 0 spiro atoms. The number of phenols is 1. The number of anilines is 2. The summed E-state index contributed by atoms with van der Waals surface area (Å²) in [6, 6.07) is 8.23. The number of alkyl halides is 2. The molecule has 6 atom stereocenters. The molecule has 264 valence electrons. The van der Waals surface area contributed by atoms with Crippen molar-refractivity contribution in [1.29, 1.82) is 0 Å². The number of hydrogen-bond acceptors (Lipinski definition) is 8. The van der Waals surface area contributed by atoms with Gasteiger partial charge in [-0.05, 0) is 30.9 Å². The third kappa shape index (κ3) is 4.41. The summed E-state index contributed by atoms with van der Waals surface area (Å²) >= 11 is 14.2. The number of carbonyl (C=O) groups is 4. The Bertz CT molecular complexity index is 2160. The summed E-state index contributed by atoms with van der Waals surface area (Å²) < 4.78 is 78.7. The molecule has 3 aromatic carbocycles. The molecule has 2 heterocycles. The number of ether oxygens (including phenoxy) is 1. The molecule has 0 aromatic heterocycles. The molecular formula is C33H20Cl2F5N3O8. The third-order valence-electron chi connectivity index (χ3n) is 10.0. The minimum atomic E-state index is -2.79. The molecule has 3 fully saturated rings. The maximum Gasteiger partial charge on any atom is 0.271 e. The lowest BCUT2D eigenvalue weighted by Gasteiger charge is -2.50. The number of rotatable bonds is 5. The van der Waals surface area contributed by atoms with Crippen LogP contribution in [0.25, 0.3) is 0 Å². The van der Waals surface area contributed by atoms with Crippen molar-refractivity contribution in [3.63, 3.8) is 0 Å². The number of non-ortho nitro benzene ring substituents is 1. The van der Waals surface area contributed by atoms with Gasteiger partial charge in [-0.25, -0.2) is 31.8 Å². The predicted octanol–water partition coefficient (Wildman–Crippen LogP) is 5.77. The van der Waals surface area contributed by atoms with Crippen molar-refractivity contribution in [1.82, 2.24) is 0 Å². The zero-order valence-electron chi connectivity index (χ0n) is 25.6. The smallest absolute Gasteiger partial charge is 0.271 e. The summed E-state index contributed by atoms with van der Waals surface area (Å²) in [5.74, 6) is -23.2. The van der Waals surface area contributed by atoms with Crippen LogP contribution in [-0.4, -0.2) is 50.5 Å². The number of carbonyl (C=O) groups excluding carboxylic acids is 4. The Kier molecular flexibility index (Phi) is 7.72. The first kappa shape index (κ1) is 34.4. The van der Waals surface area contributed by atoms with Crippen LogP contribution in [0.5, 0.6) is 11.5 Å². The van der Waals surface area contributed by atoms with Crippen LogP contribution in [0.3, 0.4) is 0 Å².